The second-order valence-corrected chi connectivity index (χ2v) is 3.30. The van der Waals surface area contributed by atoms with Crippen LogP contribution >= 0.6 is 0 Å². The number of rotatable bonds is 0. The highest BCUT2D eigenvalue weighted by Gasteiger charge is 2.35. The lowest BCUT2D eigenvalue weighted by atomic mass is 10.7. The van der Waals surface area contributed by atoms with E-state index in [-0.39, 0.29) is 0 Å². The lowest BCUT2D eigenvalue weighted by Gasteiger charge is -2.43. The van der Waals surface area contributed by atoms with Crippen molar-refractivity contribution in [3.8, 4) is 0 Å². The first-order valence-corrected chi connectivity index (χ1v) is 4.42. The number of fused-ring (bicyclic) bond motifs is 6. The topological polar surface area (TPSA) is 49.9 Å². The van der Waals surface area contributed by atoms with Gasteiger partial charge < -0.3 is 0 Å². The van der Waals surface area contributed by atoms with Gasteiger partial charge in [0.15, 0.2) is 0 Å². The molecule has 0 amide bonds. The Morgan fingerprint density at radius 2 is 0.786 bits per heavy atom. The highest BCUT2D eigenvalue weighted by atomic mass is 17.2. The zero-order chi connectivity index (χ0) is 9.38. The summed E-state index contributed by atoms with van der Waals surface area (Å²) in [5.41, 5.74) is 0. The normalized spacial score (nSPS) is 48.0. The first-order valence-electron chi connectivity index (χ1n) is 4.42. The predicted molar refractivity (Wildman–Crippen MR) is 40.9 cm³/mol. The van der Waals surface area contributed by atoms with Crippen molar-refractivity contribution in [2.75, 3.05) is 40.3 Å². The summed E-state index contributed by atoms with van der Waals surface area (Å²) in [6.45, 7) is 3.10. The summed E-state index contributed by atoms with van der Waals surface area (Å²) in [4.78, 5) is 19.9. The van der Waals surface area contributed by atoms with Crippen LogP contribution in [0.4, 0.5) is 0 Å². The summed E-state index contributed by atoms with van der Waals surface area (Å²) in [6, 6.07) is 0. The van der Waals surface area contributed by atoms with Gasteiger partial charge in [-0.2, -0.15) is 20.0 Å². The fourth-order valence-electron chi connectivity index (χ4n) is 1.62. The zero-order valence-corrected chi connectivity index (χ0v) is 7.66. The molecule has 3 aliphatic rings. The molecule has 0 radical (unpaired) electrons. The maximum Gasteiger partial charge on any atom is 0.149 e. The molecule has 80 valence electrons. The van der Waals surface area contributed by atoms with Gasteiger partial charge in [-0.1, -0.05) is 0 Å². The molecule has 3 aliphatic heterocycles. The highest BCUT2D eigenvalue weighted by molar-refractivity contribution is 4.61. The molecule has 0 aromatic heterocycles. The Labute approximate surface area is 80.8 Å². The van der Waals surface area contributed by atoms with Gasteiger partial charge in [-0.3, -0.25) is 0 Å². The average molecular weight is 204 g/mol. The summed E-state index contributed by atoms with van der Waals surface area (Å²) < 4.78 is 0. The minimum Gasteiger partial charge on any atom is -0.218 e. The van der Waals surface area contributed by atoms with Gasteiger partial charge in [-0.15, -0.1) is 0 Å². The molecule has 14 heavy (non-hydrogen) atoms. The standard InChI is InChI=1S/C6H12N4O4/c1-7-3-11-12-4-8(1)10-2-9(7)5-13-14-6-10/h1-6H2. The van der Waals surface area contributed by atoms with Gasteiger partial charge in [0.1, 0.15) is 26.9 Å². The van der Waals surface area contributed by atoms with E-state index < -0.39 is 0 Å². The third-order valence-electron chi connectivity index (χ3n) is 2.43. The molecule has 0 N–H and O–H groups in total. The van der Waals surface area contributed by atoms with Crippen LogP contribution in [0.15, 0.2) is 0 Å². The first kappa shape index (κ1) is 8.95. The molecule has 8 nitrogen and oxygen atoms in total. The van der Waals surface area contributed by atoms with E-state index in [0.717, 1.165) is 13.3 Å². The van der Waals surface area contributed by atoms with Gasteiger partial charge in [-0.05, 0) is 0 Å². The molecule has 0 saturated carbocycles. The molecule has 0 aromatic carbocycles. The summed E-state index contributed by atoms with van der Waals surface area (Å²) in [5, 5.41) is 7.99. The number of hydrazine groups is 2. The maximum absolute atomic E-state index is 4.98. The number of hydrogen-bond donors (Lipinski definition) is 0. The maximum atomic E-state index is 4.98. The molecule has 0 aromatic rings. The first-order chi connectivity index (χ1) is 6.93. The van der Waals surface area contributed by atoms with E-state index in [1.54, 1.807) is 0 Å². The van der Waals surface area contributed by atoms with E-state index >= 15 is 0 Å². The van der Waals surface area contributed by atoms with Crippen LogP contribution in [-0.4, -0.2) is 60.3 Å². The van der Waals surface area contributed by atoms with E-state index in [4.69, 9.17) is 19.6 Å². The third-order valence-corrected chi connectivity index (χ3v) is 2.43. The Balaban J connectivity index is 1.81. The molecule has 3 heterocycles. The van der Waals surface area contributed by atoms with Gasteiger partial charge in [0.05, 0.1) is 13.3 Å². The monoisotopic (exact) mass is 204 g/mol. The number of nitrogens with zero attached hydrogens (tertiary/aromatic N) is 4. The van der Waals surface area contributed by atoms with Crippen molar-refractivity contribution in [1.29, 1.82) is 0 Å². The quantitative estimate of drug-likeness (QED) is 0.452. The van der Waals surface area contributed by atoms with Crippen molar-refractivity contribution in [2.24, 2.45) is 0 Å². The van der Waals surface area contributed by atoms with Crippen LogP contribution in [-0.2, 0) is 19.6 Å². The molecule has 3 rings (SSSR count). The van der Waals surface area contributed by atoms with Gasteiger partial charge in [-0.25, -0.2) is 19.6 Å². The second-order valence-electron chi connectivity index (χ2n) is 3.30. The fraction of sp³-hybridized carbons (Fsp3) is 1.00. The molecule has 4 unspecified atom stereocenters. The van der Waals surface area contributed by atoms with Crippen LogP contribution in [0.5, 0.6) is 0 Å². The van der Waals surface area contributed by atoms with E-state index in [0.29, 0.717) is 26.9 Å². The van der Waals surface area contributed by atoms with Crippen LogP contribution < -0.4 is 0 Å². The minimum absolute atomic E-state index is 0.410. The third kappa shape index (κ3) is 1.51. The Hall–Kier alpha value is -0.320. The van der Waals surface area contributed by atoms with Crippen molar-refractivity contribution in [3.63, 3.8) is 0 Å². The van der Waals surface area contributed by atoms with E-state index in [9.17, 15) is 0 Å². The Bertz CT molecular complexity index is 176. The van der Waals surface area contributed by atoms with E-state index in [1.165, 1.54) is 0 Å². The van der Waals surface area contributed by atoms with Crippen molar-refractivity contribution < 1.29 is 19.6 Å². The van der Waals surface area contributed by atoms with Crippen LogP contribution in [0.2, 0.25) is 0 Å². The molecule has 0 spiro atoms. The summed E-state index contributed by atoms with van der Waals surface area (Å²) >= 11 is 0. The molecule has 3 fully saturated rings. The zero-order valence-electron chi connectivity index (χ0n) is 7.66. The molecule has 3 saturated heterocycles. The largest absolute Gasteiger partial charge is 0.218 e. The second kappa shape index (κ2) is 3.68. The van der Waals surface area contributed by atoms with Crippen LogP contribution in [0.25, 0.3) is 0 Å². The van der Waals surface area contributed by atoms with Gasteiger partial charge in [0, 0.05) is 0 Å². The SMILES string of the molecule is C1OOCN2CN1N1COOCN2C1. The molecular formula is C6H12N4O4. The average Bonchev–Trinajstić information content (AvgIpc) is 2.50. The van der Waals surface area contributed by atoms with Gasteiger partial charge >= 0.3 is 0 Å². The minimum atomic E-state index is 0.410. The summed E-state index contributed by atoms with van der Waals surface area (Å²) in [5.74, 6) is 0. The van der Waals surface area contributed by atoms with Gasteiger partial charge in [0.2, 0.25) is 0 Å². The van der Waals surface area contributed by atoms with Crippen molar-refractivity contribution in [1.82, 2.24) is 20.0 Å². The molecular weight excluding hydrogens is 192 g/mol. The van der Waals surface area contributed by atoms with E-state index in [1.807, 2.05) is 20.0 Å². The Kier molecular flexibility index (Phi) is 2.35. The lowest BCUT2D eigenvalue weighted by molar-refractivity contribution is -0.355. The summed E-state index contributed by atoms with van der Waals surface area (Å²) in [6.07, 6.45) is 0. The smallest absolute Gasteiger partial charge is 0.149 e. The molecule has 0 aliphatic carbocycles. The van der Waals surface area contributed by atoms with Crippen molar-refractivity contribution in [2.45, 2.75) is 0 Å². The van der Waals surface area contributed by atoms with Gasteiger partial charge in [0.25, 0.3) is 0 Å². The molecule has 4 bridgehead atoms. The molecule has 4 atom stereocenters. The lowest BCUT2D eigenvalue weighted by Crippen LogP contribution is -2.62. The van der Waals surface area contributed by atoms with Crippen LogP contribution in [0.1, 0.15) is 0 Å². The summed E-state index contributed by atoms with van der Waals surface area (Å²) in [7, 11) is 0. The van der Waals surface area contributed by atoms with Crippen molar-refractivity contribution in [3.05, 3.63) is 0 Å². The van der Waals surface area contributed by atoms with E-state index in [2.05, 4.69) is 0 Å². The van der Waals surface area contributed by atoms with Crippen molar-refractivity contribution >= 4 is 0 Å². The Morgan fingerprint density at radius 3 is 1.07 bits per heavy atom. The molecule has 8 heteroatoms. The fourth-order valence-corrected chi connectivity index (χ4v) is 1.62. The number of hydrogen-bond acceptors (Lipinski definition) is 8. The van der Waals surface area contributed by atoms with Crippen LogP contribution in [0, 0.1) is 0 Å². The highest BCUT2D eigenvalue weighted by Crippen LogP contribution is 2.18. The Morgan fingerprint density at radius 1 is 0.500 bits per heavy atom. The van der Waals surface area contributed by atoms with Crippen LogP contribution in [0.3, 0.4) is 0 Å². The predicted octanol–water partition coefficient (Wildman–Crippen LogP) is -1.29.